The van der Waals surface area contributed by atoms with Crippen LogP contribution in [0, 0.1) is 0 Å². The molecule has 13 heavy (non-hydrogen) atoms. The van der Waals surface area contributed by atoms with Gasteiger partial charge >= 0.3 is 59.3 Å². The van der Waals surface area contributed by atoms with E-state index < -0.39 is 9.28 Å². The molecule has 1 aliphatic heterocycles. The Morgan fingerprint density at radius 2 is 1.08 bits per heavy atom. The van der Waals surface area contributed by atoms with Crippen molar-refractivity contribution in [3.63, 3.8) is 0 Å². The minimum Gasteiger partial charge on any atom is -0.413 e. The summed E-state index contributed by atoms with van der Waals surface area (Å²) in [6.45, 7) is 1.87. The Morgan fingerprint density at radius 3 is 1.54 bits per heavy atom. The van der Waals surface area contributed by atoms with E-state index in [9.17, 15) is 0 Å². The SMILES string of the molecule is C[Si]1O[Si]O[Si]O[Si]O[Si]O[Si]O1. The maximum absolute atomic E-state index is 5.22. The molecule has 1 heterocycles. The lowest BCUT2D eigenvalue weighted by molar-refractivity contribution is 0.338. The first-order chi connectivity index (χ1) is 6.39. The van der Waals surface area contributed by atoms with E-state index in [1.807, 2.05) is 6.55 Å². The molecular weight excluding hydrogens is 277 g/mol. The summed E-state index contributed by atoms with van der Waals surface area (Å²) in [5.74, 6) is 0. The third kappa shape index (κ3) is 7.04. The van der Waals surface area contributed by atoms with Crippen molar-refractivity contribution in [2.45, 2.75) is 6.55 Å². The van der Waals surface area contributed by atoms with Crippen molar-refractivity contribution in [1.29, 1.82) is 0 Å². The average molecular weight is 280 g/mol. The lowest BCUT2D eigenvalue weighted by Gasteiger charge is -2.10. The zero-order valence-corrected chi connectivity index (χ0v) is 12.4. The summed E-state index contributed by atoms with van der Waals surface area (Å²) in [6.07, 6.45) is 0. The van der Waals surface area contributed by atoms with E-state index in [0.717, 1.165) is 0 Å². The van der Waals surface area contributed by atoms with E-state index in [-0.39, 0.29) is 50.0 Å². The average Bonchev–Trinajstić information content (AvgIpc) is 2.11. The Labute approximate surface area is 90.7 Å². The van der Waals surface area contributed by atoms with E-state index in [1.54, 1.807) is 0 Å². The van der Waals surface area contributed by atoms with Gasteiger partial charge in [0.1, 0.15) is 0 Å². The number of hydrogen-bond donors (Lipinski definition) is 0. The van der Waals surface area contributed by atoms with E-state index in [4.69, 9.17) is 24.7 Å². The topological polar surface area (TPSA) is 55.4 Å². The van der Waals surface area contributed by atoms with Crippen LogP contribution >= 0.6 is 0 Å². The molecule has 0 bridgehead atoms. The van der Waals surface area contributed by atoms with Crippen molar-refractivity contribution >= 4 is 59.3 Å². The van der Waals surface area contributed by atoms with Crippen LogP contribution in [0.2, 0.25) is 6.55 Å². The number of hydrogen-bond acceptors (Lipinski definition) is 6. The first-order valence-corrected chi connectivity index (χ1v) is 8.85. The Bertz CT molecular complexity index is 112. The van der Waals surface area contributed by atoms with Gasteiger partial charge in [-0.25, -0.2) is 0 Å². The van der Waals surface area contributed by atoms with Crippen LogP contribution in [0.15, 0.2) is 0 Å². The second-order valence-electron chi connectivity index (χ2n) is 1.52. The van der Waals surface area contributed by atoms with Crippen molar-refractivity contribution in [2.24, 2.45) is 0 Å². The van der Waals surface area contributed by atoms with Crippen LogP contribution in [0.4, 0.5) is 0 Å². The Morgan fingerprint density at radius 1 is 0.692 bits per heavy atom. The van der Waals surface area contributed by atoms with Gasteiger partial charge in [-0.05, 0) is 6.55 Å². The molecule has 0 aromatic rings. The van der Waals surface area contributed by atoms with Crippen molar-refractivity contribution in [3.8, 4) is 0 Å². The highest BCUT2D eigenvalue weighted by Gasteiger charge is 2.12. The van der Waals surface area contributed by atoms with Gasteiger partial charge in [-0.15, -0.1) is 0 Å². The minimum absolute atomic E-state index is 0.0346. The predicted octanol–water partition coefficient (Wildman–Crippen LogP) is -2.11. The molecule has 1 rings (SSSR count). The molecule has 0 saturated carbocycles. The Balaban J connectivity index is 2.11. The molecule has 1 fully saturated rings. The highest BCUT2D eigenvalue weighted by atomic mass is 28.4. The molecule has 0 aromatic heterocycles. The third-order valence-electron chi connectivity index (χ3n) is 0.704. The standard InChI is InChI=1S/CH3O6Si6/c1-13-6-11-4-9-2-8-3-10-5-12-7-13/h1H3. The highest BCUT2D eigenvalue weighted by molar-refractivity contribution is 6.58. The molecule has 0 N–H and O–H groups in total. The molecular formula is CH3O6Si6. The van der Waals surface area contributed by atoms with Gasteiger partial charge in [-0.2, -0.15) is 0 Å². The third-order valence-corrected chi connectivity index (χ3v) is 6.34. The van der Waals surface area contributed by atoms with E-state index >= 15 is 0 Å². The molecule has 12 heteroatoms. The fourth-order valence-electron chi connectivity index (χ4n) is 0.310. The molecule has 11 radical (unpaired) electrons. The maximum atomic E-state index is 5.22. The van der Waals surface area contributed by atoms with Crippen LogP contribution in [0.25, 0.3) is 0 Å². The van der Waals surface area contributed by atoms with E-state index in [2.05, 4.69) is 0 Å². The molecule has 1 aliphatic rings. The van der Waals surface area contributed by atoms with Crippen molar-refractivity contribution in [2.75, 3.05) is 0 Å². The van der Waals surface area contributed by atoms with Crippen LogP contribution in [0.3, 0.4) is 0 Å². The van der Waals surface area contributed by atoms with Crippen molar-refractivity contribution in [3.05, 3.63) is 0 Å². The highest BCUT2D eigenvalue weighted by Crippen LogP contribution is 1.88. The second-order valence-corrected chi connectivity index (χ2v) is 8.24. The maximum Gasteiger partial charge on any atom is 0.412 e. The molecule has 0 aromatic carbocycles. The Hall–Kier alpha value is 1.06. The van der Waals surface area contributed by atoms with Gasteiger partial charge in [0.2, 0.25) is 0 Å². The van der Waals surface area contributed by atoms with Crippen molar-refractivity contribution in [1.82, 2.24) is 0 Å². The normalized spacial score (nSPS) is 24.7. The van der Waals surface area contributed by atoms with Gasteiger partial charge in [0.05, 0.1) is 0 Å². The summed E-state index contributed by atoms with van der Waals surface area (Å²) in [6, 6.07) is 0. The van der Waals surface area contributed by atoms with Gasteiger partial charge in [-0.3, -0.25) is 0 Å². The Kier molecular flexibility index (Phi) is 7.82. The zero-order chi connectivity index (χ0) is 9.36. The molecule has 1 saturated heterocycles. The summed E-state index contributed by atoms with van der Waals surface area (Å²) in [5, 5.41) is 0. The first-order valence-electron chi connectivity index (χ1n) is 2.95. The summed E-state index contributed by atoms with van der Waals surface area (Å²) < 4.78 is 30.5. The quantitative estimate of drug-likeness (QED) is 0.473. The van der Waals surface area contributed by atoms with Gasteiger partial charge in [0, 0.05) is 0 Å². The van der Waals surface area contributed by atoms with Crippen molar-refractivity contribution < 1.29 is 24.7 Å². The summed E-state index contributed by atoms with van der Waals surface area (Å²) >= 11 is 0. The molecule has 67 valence electrons. The second kappa shape index (κ2) is 8.38. The monoisotopic (exact) mass is 279 g/mol. The summed E-state index contributed by atoms with van der Waals surface area (Å²) in [5.41, 5.74) is 0. The van der Waals surface area contributed by atoms with E-state index in [1.165, 1.54) is 0 Å². The number of rotatable bonds is 0. The first kappa shape index (κ1) is 12.1. The molecule has 0 amide bonds. The molecule has 0 spiro atoms. The summed E-state index contributed by atoms with van der Waals surface area (Å²) in [4.78, 5) is 0. The van der Waals surface area contributed by atoms with Crippen LogP contribution in [0.5, 0.6) is 0 Å². The minimum atomic E-state index is -1.24. The fourth-order valence-corrected chi connectivity index (χ4v) is 5.04. The van der Waals surface area contributed by atoms with Gasteiger partial charge < -0.3 is 24.7 Å². The van der Waals surface area contributed by atoms with Gasteiger partial charge in [0.25, 0.3) is 0 Å². The molecule has 0 atom stereocenters. The summed E-state index contributed by atoms with van der Waals surface area (Å²) in [7, 11) is -1.45. The van der Waals surface area contributed by atoms with Crippen LogP contribution in [-0.4, -0.2) is 59.3 Å². The smallest absolute Gasteiger partial charge is 0.412 e. The predicted molar refractivity (Wildman–Crippen MR) is 46.9 cm³/mol. The van der Waals surface area contributed by atoms with E-state index in [0.29, 0.717) is 0 Å². The molecule has 0 aliphatic carbocycles. The largest absolute Gasteiger partial charge is 0.413 e. The lowest BCUT2D eigenvalue weighted by Crippen LogP contribution is -2.29. The zero-order valence-electron chi connectivity index (χ0n) is 6.45. The van der Waals surface area contributed by atoms with Gasteiger partial charge in [-0.1, -0.05) is 0 Å². The molecule has 0 unspecified atom stereocenters. The van der Waals surface area contributed by atoms with Gasteiger partial charge in [0.15, 0.2) is 0 Å². The molecule has 6 nitrogen and oxygen atoms in total. The lowest BCUT2D eigenvalue weighted by atomic mass is 11.9. The van der Waals surface area contributed by atoms with Crippen LogP contribution < -0.4 is 0 Å². The van der Waals surface area contributed by atoms with Crippen LogP contribution in [-0.2, 0) is 24.7 Å². The fraction of sp³-hybridized carbons (Fsp3) is 1.00. The van der Waals surface area contributed by atoms with Crippen LogP contribution in [0.1, 0.15) is 0 Å².